The fourth-order valence-corrected chi connectivity index (χ4v) is 2.19. The molecule has 13 heavy (non-hydrogen) atoms. The Kier molecular flexibility index (Phi) is 2.51. The predicted molar refractivity (Wildman–Crippen MR) is 50.2 cm³/mol. The first-order valence-corrected chi connectivity index (χ1v) is 5.01. The maximum Gasteiger partial charge on any atom is 0.228 e. The number of carbonyl (C=O) groups is 1. The molecule has 0 aliphatic carbocycles. The van der Waals surface area contributed by atoms with E-state index < -0.39 is 0 Å². The van der Waals surface area contributed by atoms with Crippen LogP contribution in [0.4, 0.5) is 0 Å². The number of hydrogen-bond donors (Lipinski definition) is 2. The molecule has 4 nitrogen and oxygen atoms in total. The molecule has 2 N–H and O–H groups in total. The number of rotatable bonds is 1. The maximum atomic E-state index is 11.8. The van der Waals surface area contributed by atoms with E-state index in [0.29, 0.717) is 0 Å². The Labute approximate surface area is 78.7 Å². The van der Waals surface area contributed by atoms with E-state index in [1.165, 1.54) is 0 Å². The van der Waals surface area contributed by atoms with Crippen molar-refractivity contribution in [2.75, 3.05) is 26.7 Å². The first kappa shape index (κ1) is 8.97. The molecule has 1 amide bonds. The smallest absolute Gasteiger partial charge is 0.228 e. The Hall–Kier alpha value is -0.610. The van der Waals surface area contributed by atoms with E-state index in [2.05, 4.69) is 10.6 Å². The number of nitrogens with zero attached hydrogens (tertiary/aromatic N) is 1. The summed E-state index contributed by atoms with van der Waals surface area (Å²) in [4.78, 5) is 13.6. The third-order valence-electron chi connectivity index (χ3n) is 2.96. The molecular weight excluding hydrogens is 166 g/mol. The molecule has 1 unspecified atom stereocenters. The van der Waals surface area contributed by atoms with Crippen LogP contribution in [-0.2, 0) is 4.79 Å². The van der Waals surface area contributed by atoms with Crippen LogP contribution in [0.25, 0.3) is 0 Å². The Morgan fingerprint density at radius 1 is 1.38 bits per heavy atom. The molecule has 2 heterocycles. The highest BCUT2D eigenvalue weighted by molar-refractivity contribution is 5.80. The van der Waals surface area contributed by atoms with Gasteiger partial charge in [-0.25, -0.2) is 0 Å². The number of piperidine rings is 1. The van der Waals surface area contributed by atoms with Gasteiger partial charge in [-0.1, -0.05) is 0 Å². The van der Waals surface area contributed by atoms with E-state index >= 15 is 0 Å². The van der Waals surface area contributed by atoms with E-state index in [4.69, 9.17) is 0 Å². The van der Waals surface area contributed by atoms with Gasteiger partial charge >= 0.3 is 0 Å². The highest BCUT2D eigenvalue weighted by atomic mass is 16.2. The molecule has 2 aliphatic heterocycles. The Morgan fingerprint density at radius 3 is 2.77 bits per heavy atom. The van der Waals surface area contributed by atoms with Gasteiger partial charge in [-0.3, -0.25) is 15.4 Å². The van der Waals surface area contributed by atoms with Crippen molar-refractivity contribution >= 4 is 5.91 Å². The van der Waals surface area contributed by atoms with Gasteiger partial charge in [-0.15, -0.1) is 0 Å². The molecule has 0 bridgehead atoms. The van der Waals surface area contributed by atoms with Crippen molar-refractivity contribution < 1.29 is 4.79 Å². The molecule has 0 saturated carbocycles. The van der Waals surface area contributed by atoms with E-state index in [0.717, 1.165) is 32.5 Å². The minimum Gasteiger partial charge on any atom is -0.345 e. The SMILES string of the molecule is CN1CCCC(C2NCCN2)C1=O. The lowest BCUT2D eigenvalue weighted by Crippen LogP contribution is -2.50. The molecule has 4 heteroatoms. The van der Waals surface area contributed by atoms with E-state index in [1.807, 2.05) is 11.9 Å². The maximum absolute atomic E-state index is 11.8. The van der Waals surface area contributed by atoms with Gasteiger partial charge in [0.1, 0.15) is 0 Å². The molecule has 0 aromatic carbocycles. The monoisotopic (exact) mass is 183 g/mol. The number of nitrogens with one attached hydrogen (secondary N) is 2. The van der Waals surface area contributed by atoms with Crippen molar-refractivity contribution in [3.8, 4) is 0 Å². The van der Waals surface area contributed by atoms with E-state index in [9.17, 15) is 4.79 Å². The van der Waals surface area contributed by atoms with Gasteiger partial charge in [0.15, 0.2) is 0 Å². The van der Waals surface area contributed by atoms with Crippen molar-refractivity contribution in [1.82, 2.24) is 15.5 Å². The number of amides is 1. The molecule has 2 fully saturated rings. The van der Waals surface area contributed by atoms with Crippen molar-refractivity contribution in [3.05, 3.63) is 0 Å². The van der Waals surface area contributed by atoms with Gasteiger partial charge in [0.2, 0.25) is 5.91 Å². The zero-order valence-electron chi connectivity index (χ0n) is 8.05. The van der Waals surface area contributed by atoms with Crippen LogP contribution in [0.1, 0.15) is 12.8 Å². The quantitative estimate of drug-likeness (QED) is 0.569. The molecule has 0 aromatic heterocycles. The second-order valence-corrected chi connectivity index (χ2v) is 3.89. The second kappa shape index (κ2) is 3.64. The van der Waals surface area contributed by atoms with Crippen LogP contribution in [-0.4, -0.2) is 43.7 Å². The molecule has 0 aromatic rings. The lowest BCUT2D eigenvalue weighted by atomic mass is 9.94. The van der Waals surface area contributed by atoms with Gasteiger partial charge < -0.3 is 4.90 Å². The summed E-state index contributed by atoms with van der Waals surface area (Å²) in [7, 11) is 1.89. The Bertz CT molecular complexity index is 201. The summed E-state index contributed by atoms with van der Waals surface area (Å²) >= 11 is 0. The first-order valence-electron chi connectivity index (χ1n) is 5.01. The average molecular weight is 183 g/mol. The number of likely N-dealkylation sites (tertiary alicyclic amines) is 1. The summed E-state index contributed by atoms with van der Waals surface area (Å²) in [6.45, 7) is 2.89. The average Bonchev–Trinajstić information content (AvgIpc) is 2.62. The van der Waals surface area contributed by atoms with E-state index in [-0.39, 0.29) is 18.0 Å². The zero-order chi connectivity index (χ0) is 9.26. The molecule has 0 spiro atoms. The van der Waals surface area contributed by atoms with Gasteiger partial charge in [0.05, 0.1) is 12.1 Å². The standard InChI is InChI=1S/C9H17N3O/c1-12-6-2-3-7(9(12)13)8-10-4-5-11-8/h7-8,10-11H,2-6H2,1H3. The van der Waals surface area contributed by atoms with Crippen LogP contribution in [0, 0.1) is 5.92 Å². The van der Waals surface area contributed by atoms with Crippen LogP contribution in [0.15, 0.2) is 0 Å². The fourth-order valence-electron chi connectivity index (χ4n) is 2.19. The second-order valence-electron chi connectivity index (χ2n) is 3.89. The highest BCUT2D eigenvalue weighted by Crippen LogP contribution is 2.19. The van der Waals surface area contributed by atoms with Crippen molar-refractivity contribution in [1.29, 1.82) is 0 Å². The summed E-state index contributed by atoms with van der Waals surface area (Å²) in [5, 5.41) is 6.64. The molecule has 2 rings (SSSR count). The van der Waals surface area contributed by atoms with Crippen LogP contribution < -0.4 is 10.6 Å². The molecule has 1 atom stereocenters. The van der Waals surface area contributed by atoms with Crippen LogP contribution in [0.5, 0.6) is 0 Å². The lowest BCUT2D eigenvalue weighted by molar-refractivity contribution is -0.138. The van der Waals surface area contributed by atoms with Crippen molar-refractivity contribution in [2.24, 2.45) is 5.92 Å². The summed E-state index contributed by atoms with van der Waals surface area (Å²) in [5.74, 6) is 0.444. The summed E-state index contributed by atoms with van der Waals surface area (Å²) in [6.07, 6.45) is 2.37. The van der Waals surface area contributed by atoms with Gasteiger partial charge in [0, 0.05) is 26.7 Å². The number of hydrogen-bond acceptors (Lipinski definition) is 3. The van der Waals surface area contributed by atoms with Crippen LogP contribution in [0.3, 0.4) is 0 Å². The molecule has 2 aliphatic rings. The summed E-state index contributed by atoms with van der Waals surface area (Å²) in [5.41, 5.74) is 0. The third kappa shape index (κ3) is 1.69. The lowest BCUT2D eigenvalue weighted by Gasteiger charge is -2.32. The zero-order valence-corrected chi connectivity index (χ0v) is 8.05. The molecule has 0 radical (unpaired) electrons. The first-order chi connectivity index (χ1) is 6.29. The Morgan fingerprint density at radius 2 is 2.08 bits per heavy atom. The highest BCUT2D eigenvalue weighted by Gasteiger charge is 2.34. The predicted octanol–water partition coefficient (Wildman–Crippen LogP) is -0.626. The normalized spacial score (nSPS) is 31.3. The summed E-state index contributed by atoms with van der Waals surface area (Å²) < 4.78 is 0. The minimum absolute atomic E-state index is 0.154. The van der Waals surface area contributed by atoms with Gasteiger partial charge in [-0.05, 0) is 12.8 Å². The van der Waals surface area contributed by atoms with Crippen LogP contribution >= 0.6 is 0 Å². The fraction of sp³-hybridized carbons (Fsp3) is 0.889. The third-order valence-corrected chi connectivity index (χ3v) is 2.96. The van der Waals surface area contributed by atoms with Crippen molar-refractivity contribution in [2.45, 2.75) is 19.0 Å². The molecule has 2 saturated heterocycles. The largest absolute Gasteiger partial charge is 0.345 e. The topological polar surface area (TPSA) is 44.4 Å². The van der Waals surface area contributed by atoms with E-state index in [1.54, 1.807) is 0 Å². The Balaban J connectivity index is 2.00. The van der Waals surface area contributed by atoms with Gasteiger partial charge in [0.25, 0.3) is 0 Å². The number of carbonyl (C=O) groups excluding carboxylic acids is 1. The van der Waals surface area contributed by atoms with Crippen molar-refractivity contribution in [3.63, 3.8) is 0 Å². The summed E-state index contributed by atoms with van der Waals surface area (Å²) in [6, 6.07) is 0. The van der Waals surface area contributed by atoms with Gasteiger partial charge in [-0.2, -0.15) is 0 Å². The molecular formula is C9H17N3O. The minimum atomic E-state index is 0.154. The van der Waals surface area contributed by atoms with Crippen LogP contribution in [0.2, 0.25) is 0 Å². The molecule has 74 valence electrons.